The average Bonchev–Trinajstić information content (AvgIpc) is 3.50. The minimum atomic E-state index is -4.58. The molecule has 2 aromatic heterocycles. The lowest BCUT2D eigenvalue weighted by atomic mass is 9.88. The van der Waals surface area contributed by atoms with Crippen LogP contribution in [0, 0.1) is 0 Å². The molecular formula is C23H26F2N6O8S. The highest BCUT2D eigenvalue weighted by Crippen LogP contribution is 2.56. The van der Waals surface area contributed by atoms with E-state index in [0.717, 1.165) is 0 Å². The molecule has 6 atom stereocenters. The summed E-state index contributed by atoms with van der Waals surface area (Å²) >= 11 is 0. The largest absolute Gasteiger partial charge is 0.397 e. The van der Waals surface area contributed by atoms with Gasteiger partial charge < -0.3 is 30.9 Å². The highest BCUT2D eigenvalue weighted by Gasteiger charge is 2.64. The Labute approximate surface area is 225 Å². The van der Waals surface area contributed by atoms with Crippen LogP contribution in [0.2, 0.25) is 0 Å². The molecule has 2 unspecified atom stereocenters. The summed E-state index contributed by atoms with van der Waals surface area (Å²) in [5.41, 5.74) is 3.41. The number of ether oxygens (including phenoxy) is 1. The summed E-state index contributed by atoms with van der Waals surface area (Å²) in [6.45, 7) is -0.582. The molecule has 40 heavy (non-hydrogen) atoms. The summed E-state index contributed by atoms with van der Waals surface area (Å²) in [5, 5.41) is 41.6. The molecule has 1 amide bonds. The van der Waals surface area contributed by atoms with E-state index >= 15 is 0 Å². The number of nitrogens with two attached hydrogens (primary N) is 1. The van der Waals surface area contributed by atoms with Gasteiger partial charge in [0.25, 0.3) is 0 Å². The third kappa shape index (κ3) is 4.58. The van der Waals surface area contributed by atoms with E-state index in [1.54, 1.807) is 4.72 Å². The Bertz CT molecular complexity index is 1560. The molecule has 2 aliphatic rings. The molecule has 0 bridgehead atoms. The molecule has 1 aliphatic heterocycles. The predicted octanol–water partition coefficient (Wildman–Crippen LogP) is -1.07. The highest BCUT2D eigenvalue weighted by molar-refractivity contribution is 7.88. The molecular weight excluding hydrogens is 558 g/mol. The predicted molar refractivity (Wildman–Crippen MR) is 132 cm³/mol. The van der Waals surface area contributed by atoms with Gasteiger partial charge >= 0.3 is 16.1 Å². The fourth-order valence-electron chi connectivity index (χ4n) is 5.00. The number of nitrogen functional groups attached to an aromatic ring is 1. The standard InChI is InChI=1S/C23H26F2N6O8S/c24-23(25)19(35)11-3-1-2-4-12(11)22(23,36)7-5-15(32)30-40(37,38)29-9-14-17(33)18(34)21(39-14)31-10-28-16-13(26)6-8-27-20(16)31/h1-4,6,8,10,14,17-19,21,29,33-36H,5,7,9H2,(H2,26,27)(H,30,32)/t14-,17-,18-,19?,21-,22?/m1/s1. The fourth-order valence-corrected chi connectivity index (χ4v) is 5.86. The molecule has 3 heterocycles. The van der Waals surface area contributed by atoms with Crippen LogP contribution in [0.5, 0.6) is 0 Å². The number of aromatic nitrogens is 3. The van der Waals surface area contributed by atoms with Crippen molar-refractivity contribution in [2.24, 2.45) is 0 Å². The maximum absolute atomic E-state index is 14.7. The molecule has 1 aromatic carbocycles. The van der Waals surface area contributed by atoms with E-state index in [9.17, 15) is 42.4 Å². The topological polar surface area (TPSA) is 222 Å². The minimum Gasteiger partial charge on any atom is -0.397 e. The second-order valence-electron chi connectivity index (χ2n) is 9.62. The molecule has 14 nitrogen and oxygen atoms in total. The lowest BCUT2D eigenvalue weighted by Gasteiger charge is -2.31. The molecule has 0 saturated carbocycles. The van der Waals surface area contributed by atoms with E-state index in [4.69, 9.17) is 10.5 Å². The lowest BCUT2D eigenvalue weighted by Crippen LogP contribution is -2.47. The van der Waals surface area contributed by atoms with Gasteiger partial charge in [0.2, 0.25) is 5.91 Å². The summed E-state index contributed by atoms with van der Waals surface area (Å²) < 4.78 is 64.9. The van der Waals surface area contributed by atoms with Crippen LogP contribution in [0.1, 0.15) is 36.3 Å². The van der Waals surface area contributed by atoms with Crippen molar-refractivity contribution in [2.45, 2.75) is 55.0 Å². The minimum absolute atomic E-state index is 0.191. The van der Waals surface area contributed by atoms with Crippen LogP contribution < -0.4 is 15.2 Å². The first kappa shape index (κ1) is 28.2. The smallest absolute Gasteiger partial charge is 0.309 e. The number of aliphatic hydroxyl groups excluding tert-OH is 3. The van der Waals surface area contributed by atoms with E-state index in [-0.39, 0.29) is 16.8 Å². The normalized spacial score (nSPS) is 29.5. The molecule has 1 fully saturated rings. The first-order valence-electron chi connectivity index (χ1n) is 12.0. The first-order chi connectivity index (χ1) is 18.8. The maximum atomic E-state index is 14.7. The van der Waals surface area contributed by atoms with Crippen LogP contribution in [-0.4, -0.2) is 80.1 Å². The number of alkyl halides is 2. The van der Waals surface area contributed by atoms with Crippen LogP contribution in [0.25, 0.3) is 11.2 Å². The van der Waals surface area contributed by atoms with Crippen molar-refractivity contribution < 1.29 is 47.2 Å². The van der Waals surface area contributed by atoms with E-state index in [1.807, 2.05) is 4.72 Å². The number of nitrogens with one attached hydrogen (secondary N) is 2. The third-order valence-electron chi connectivity index (χ3n) is 7.14. The number of pyridine rings is 1. The van der Waals surface area contributed by atoms with Crippen molar-refractivity contribution in [3.63, 3.8) is 0 Å². The number of carbonyl (C=O) groups excluding carboxylic acids is 1. The van der Waals surface area contributed by atoms with Gasteiger partial charge in [-0.15, -0.1) is 0 Å². The third-order valence-corrected chi connectivity index (χ3v) is 8.18. The number of anilines is 1. The number of halogens is 2. The summed E-state index contributed by atoms with van der Waals surface area (Å²) in [6.07, 6.45) is -6.81. The molecule has 1 saturated heterocycles. The van der Waals surface area contributed by atoms with E-state index in [0.29, 0.717) is 11.2 Å². The van der Waals surface area contributed by atoms with Crippen LogP contribution in [0.4, 0.5) is 14.5 Å². The van der Waals surface area contributed by atoms with E-state index < -0.39 is 77.7 Å². The van der Waals surface area contributed by atoms with Crippen molar-refractivity contribution in [3.8, 4) is 0 Å². The Balaban J connectivity index is 1.20. The fraction of sp³-hybridized carbons (Fsp3) is 0.435. The average molecular weight is 585 g/mol. The summed E-state index contributed by atoms with van der Waals surface area (Å²) in [6, 6.07) is 6.73. The monoisotopic (exact) mass is 584 g/mol. The Morgan fingerprint density at radius 2 is 1.88 bits per heavy atom. The zero-order valence-corrected chi connectivity index (χ0v) is 21.4. The van der Waals surface area contributed by atoms with Gasteiger partial charge in [0.05, 0.1) is 12.0 Å². The quantitative estimate of drug-likeness (QED) is 0.169. The van der Waals surface area contributed by atoms with Gasteiger partial charge in [-0.2, -0.15) is 21.9 Å². The second kappa shape index (κ2) is 9.95. The van der Waals surface area contributed by atoms with Crippen molar-refractivity contribution in [1.29, 1.82) is 0 Å². The number of carbonyl (C=O) groups is 1. The molecule has 216 valence electrons. The number of hydrogen-bond donors (Lipinski definition) is 7. The second-order valence-corrected chi connectivity index (χ2v) is 11.1. The number of benzene rings is 1. The number of fused-ring (bicyclic) bond motifs is 2. The van der Waals surface area contributed by atoms with Gasteiger partial charge in [-0.05, 0) is 23.6 Å². The molecule has 8 N–H and O–H groups in total. The Kier molecular flexibility index (Phi) is 7.02. The van der Waals surface area contributed by atoms with Gasteiger partial charge in [-0.1, -0.05) is 24.3 Å². The zero-order chi connectivity index (χ0) is 29.0. The molecule has 0 radical (unpaired) electrons. The van der Waals surface area contributed by atoms with Gasteiger partial charge in [0, 0.05) is 19.2 Å². The summed E-state index contributed by atoms with van der Waals surface area (Å²) in [4.78, 5) is 20.6. The molecule has 1 aliphatic carbocycles. The first-order valence-corrected chi connectivity index (χ1v) is 13.5. The van der Waals surface area contributed by atoms with Crippen LogP contribution in [-0.2, 0) is 25.3 Å². The summed E-state index contributed by atoms with van der Waals surface area (Å²) in [5.74, 6) is -5.24. The Morgan fingerprint density at radius 3 is 2.62 bits per heavy atom. The summed E-state index contributed by atoms with van der Waals surface area (Å²) in [7, 11) is -4.58. The molecule has 5 rings (SSSR count). The zero-order valence-electron chi connectivity index (χ0n) is 20.6. The van der Waals surface area contributed by atoms with Crippen molar-refractivity contribution >= 4 is 33.0 Å². The number of imidazole rings is 1. The SMILES string of the molecule is Nc1ccnc2c1ncn2[C@@H]1O[C@H](CNS(=O)(=O)NC(=O)CCC2(O)c3ccccc3C(O)C2(F)F)[C@@H](O)[C@H]1O. The van der Waals surface area contributed by atoms with E-state index in [2.05, 4.69) is 9.97 Å². The van der Waals surface area contributed by atoms with Gasteiger partial charge in [0.15, 0.2) is 17.5 Å². The highest BCUT2D eigenvalue weighted by atomic mass is 32.2. The number of aliphatic hydroxyl groups is 4. The molecule has 17 heteroatoms. The van der Waals surface area contributed by atoms with Crippen molar-refractivity contribution in [2.75, 3.05) is 12.3 Å². The van der Waals surface area contributed by atoms with Crippen LogP contribution in [0.15, 0.2) is 42.9 Å². The van der Waals surface area contributed by atoms with Gasteiger partial charge in [-0.3, -0.25) is 9.36 Å². The Hall–Kier alpha value is -3.32. The van der Waals surface area contributed by atoms with Gasteiger partial charge in [0.1, 0.15) is 29.9 Å². The Morgan fingerprint density at radius 1 is 1.15 bits per heavy atom. The molecule has 0 spiro atoms. The van der Waals surface area contributed by atoms with Crippen molar-refractivity contribution in [3.05, 3.63) is 54.0 Å². The van der Waals surface area contributed by atoms with E-state index in [1.165, 1.54) is 47.4 Å². The van der Waals surface area contributed by atoms with Crippen molar-refractivity contribution in [1.82, 2.24) is 24.0 Å². The number of amides is 1. The number of rotatable bonds is 8. The number of hydrogen-bond acceptors (Lipinski definition) is 11. The molecule has 3 aromatic rings. The van der Waals surface area contributed by atoms with Gasteiger partial charge in [-0.25, -0.2) is 14.7 Å². The van der Waals surface area contributed by atoms with Crippen LogP contribution in [0.3, 0.4) is 0 Å². The number of nitrogens with zero attached hydrogens (tertiary/aromatic N) is 3. The van der Waals surface area contributed by atoms with Crippen LogP contribution >= 0.6 is 0 Å². The lowest BCUT2D eigenvalue weighted by molar-refractivity contribution is -0.226. The maximum Gasteiger partial charge on any atom is 0.309 e.